The van der Waals surface area contributed by atoms with Crippen molar-refractivity contribution >= 4 is 5.69 Å². The maximum absolute atomic E-state index is 10.6. The molecule has 0 bridgehead atoms. The summed E-state index contributed by atoms with van der Waals surface area (Å²) in [6.45, 7) is 2.30. The van der Waals surface area contributed by atoms with Crippen LogP contribution in [0.5, 0.6) is 0 Å². The molecule has 5 nitrogen and oxygen atoms in total. The fourth-order valence-corrected chi connectivity index (χ4v) is 1.20. The monoisotopic (exact) mass is 195 g/mol. The van der Waals surface area contributed by atoms with E-state index in [1.165, 1.54) is 0 Å². The van der Waals surface area contributed by atoms with Gasteiger partial charge in [-0.2, -0.15) is 0 Å². The minimum atomic E-state index is -0.401. The fourth-order valence-electron chi connectivity index (χ4n) is 1.20. The molecule has 0 atom stereocenters. The van der Waals surface area contributed by atoms with Gasteiger partial charge < -0.3 is 4.90 Å². The first-order valence-electron chi connectivity index (χ1n) is 4.25. The van der Waals surface area contributed by atoms with E-state index in [4.69, 9.17) is 0 Å². The van der Waals surface area contributed by atoms with Gasteiger partial charge in [0.15, 0.2) is 0 Å². The average molecular weight is 195 g/mol. The Morgan fingerprint density at radius 2 is 2.21 bits per heavy atom. The van der Waals surface area contributed by atoms with Crippen molar-refractivity contribution in [2.75, 3.05) is 14.1 Å². The van der Waals surface area contributed by atoms with Crippen molar-refractivity contribution in [1.82, 2.24) is 9.88 Å². The number of nitrogens with zero attached hydrogens (tertiary/aromatic N) is 3. The maximum Gasteiger partial charge on any atom is 0.290 e. The van der Waals surface area contributed by atoms with Crippen LogP contribution in [0, 0.1) is 17.0 Å². The molecule has 0 aliphatic carbocycles. The molecule has 1 heterocycles. The third kappa shape index (κ3) is 2.50. The summed E-state index contributed by atoms with van der Waals surface area (Å²) < 4.78 is 0. The van der Waals surface area contributed by atoms with Gasteiger partial charge in [0.25, 0.3) is 5.69 Å². The van der Waals surface area contributed by atoms with Gasteiger partial charge >= 0.3 is 0 Å². The summed E-state index contributed by atoms with van der Waals surface area (Å²) in [5, 5.41) is 10.6. The Morgan fingerprint density at radius 1 is 1.57 bits per heavy atom. The van der Waals surface area contributed by atoms with E-state index >= 15 is 0 Å². The van der Waals surface area contributed by atoms with Gasteiger partial charge in [0.2, 0.25) is 0 Å². The van der Waals surface area contributed by atoms with Crippen molar-refractivity contribution in [3.63, 3.8) is 0 Å². The fraction of sp³-hybridized carbons (Fsp3) is 0.444. The normalized spacial score (nSPS) is 10.6. The number of aryl methyl sites for hydroxylation is 1. The highest BCUT2D eigenvalue weighted by Crippen LogP contribution is 2.17. The van der Waals surface area contributed by atoms with Crippen LogP contribution < -0.4 is 0 Å². The highest BCUT2D eigenvalue weighted by atomic mass is 16.6. The molecule has 76 valence electrons. The molecule has 1 aromatic heterocycles. The largest absolute Gasteiger partial charge is 0.305 e. The van der Waals surface area contributed by atoms with Crippen LogP contribution in [-0.2, 0) is 6.54 Å². The van der Waals surface area contributed by atoms with Gasteiger partial charge in [0, 0.05) is 18.8 Å². The molecule has 0 saturated carbocycles. The Kier molecular flexibility index (Phi) is 3.14. The first kappa shape index (κ1) is 10.6. The van der Waals surface area contributed by atoms with Gasteiger partial charge in [-0.25, -0.2) is 0 Å². The van der Waals surface area contributed by atoms with E-state index in [9.17, 15) is 10.1 Å². The number of pyridine rings is 1. The first-order valence-corrected chi connectivity index (χ1v) is 4.25. The van der Waals surface area contributed by atoms with Crippen molar-refractivity contribution in [2.24, 2.45) is 0 Å². The van der Waals surface area contributed by atoms with Gasteiger partial charge in [-0.05, 0) is 26.6 Å². The van der Waals surface area contributed by atoms with Crippen molar-refractivity contribution in [2.45, 2.75) is 13.5 Å². The Balaban J connectivity index is 3.00. The summed E-state index contributed by atoms with van der Waals surface area (Å²) in [5.41, 5.74) is 1.40. The molecular weight excluding hydrogens is 182 g/mol. The molecule has 0 aliphatic rings. The minimum Gasteiger partial charge on any atom is -0.305 e. The van der Waals surface area contributed by atoms with Gasteiger partial charge in [-0.15, -0.1) is 0 Å². The number of hydrogen-bond donors (Lipinski definition) is 0. The molecule has 0 amide bonds. The van der Waals surface area contributed by atoms with Gasteiger partial charge in [0.05, 0.1) is 4.92 Å². The molecule has 0 saturated heterocycles. The molecule has 0 radical (unpaired) electrons. The third-order valence-electron chi connectivity index (χ3n) is 1.81. The highest BCUT2D eigenvalue weighted by molar-refractivity contribution is 5.37. The van der Waals surface area contributed by atoms with E-state index < -0.39 is 4.92 Å². The zero-order chi connectivity index (χ0) is 10.7. The molecule has 0 spiro atoms. The molecule has 0 aliphatic heterocycles. The van der Waals surface area contributed by atoms with E-state index in [-0.39, 0.29) is 5.69 Å². The molecule has 1 aromatic rings. The second-order valence-corrected chi connectivity index (χ2v) is 3.44. The molecule has 0 unspecified atom stereocenters. The van der Waals surface area contributed by atoms with E-state index in [1.54, 1.807) is 19.2 Å². The smallest absolute Gasteiger partial charge is 0.290 e. The van der Waals surface area contributed by atoms with E-state index in [0.29, 0.717) is 12.2 Å². The molecule has 0 fully saturated rings. The number of hydrogen-bond acceptors (Lipinski definition) is 4. The topological polar surface area (TPSA) is 59.3 Å². The summed E-state index contributed by atoms with van der Waals surface area (Å²) in [5.74, 6) is 0. The zero-order valence-corrected chi connectivity index (χ0v) is 8.52. The van der Waals surface area contributed by atoms with Gasteiger partial charge in [0.1, 0.15) is 5.69 Å². The molecule has 1 rings (SSSR count). The standard InChI is InChI=1S/C9H13N3O2/c1-7-9(12(13)14)4-8(5-10-7)6-11(2)3/h4-5H,6H2,1-3H3. The lowest BCUT2D eigenvalue weighted by Gasteiger charge is -2.08. The van der Waals surface area contributed by atoms with Gasteiger partial charge in [-0.1, -0.05) is 0 Å². The van der Waals surface area contributed by atoms with Gasteiger partial charge in [-0.3, -0.25) is 15.1 Å². The molecule has 0 N–H and O–H groups in total. The van der Waals surface area contributed by atoms with Crippen LogP contribution in [0.2, 0.25) is 0 Å². The number of nitro groups is 1. The van der Waals surface area contributed by atoms with Crippen LogP contribution in [0.4, 0.5) is 5.69 Å². The summed E-state index contributed by atoms with van der Waals surface area (Å²) >= 11 is 0. The highest BCUT2D eigenvalue weighted by Gasteiger charge is 2.12. The lowest BCUT2D eigenvalue weighted by atomic mass is 10.2. The SMILES string of the molecule is Cc1ncc(CN(C)C)cc1[N+](=O)[O-]. The van der Waals surface area contributed by atoms with Crippen molar-refractivity contribution in [3.8, 4) is 0 Å². The van der Waals surface area contributed by atoms with Crippen LogP contribution in [0.1, 0.15) is 11.3 Å². The minimum absolute atomic E-state index is 0.0874. The van der Waals surface area contributed by atoms with Crippen molar-refractivity contribution < 1.29 is 4.92 Å². The van der Waals surface area contributed by atoms with E-state index in [1.807, 2.05) is 19.0 Å². The van der Waals surface area contributed by atoms with E-state index in [0.717, 1.165) is 5.56 Å². The van der Waals surface area contributed by atoms with Crippen LogP contribution in [0.25, 0.3) is 0 Å². The molecule has 0 aromatic carbocycles. The van der Waals surface area contributed by atoms with Crippen LogP contribution in [0.15, 0.2) is 12.3 Å². The van der Waals surface area contributed by atoms with Crippen LogP contribution in [-0.4, -0.2) is 28.9 Å². The second-order valence-electron chi connectivity index (χ2n) is 3.44. The Bertz CT molecular complexity index is 350. The summed E-state index contributed by atoms with van der Waals surface area (Å²) in [6, 6.07) is 1.57. The van der Waals surface area contributed by atoms with Crippen molar-refractivity contribution in [3.05, 3.63) is 33.6 Å². The van der Waals surface area contributed by atoms with Crippen LogP contribution in [0.3, 0.4) is 0 Å². The summed E-state index contributed by atoms with van der Waals surface area (Å²) in [7, 11) is 3.82. The Labute approximate surface area is 82.5 Å². The summed E-state index contributed by atoms with van der Waals surface area (Å²) in [4.78, 5) is 16.1. The number of aromatic nitrogens is 1. The molecule has 14 heavy (non-hydrogen) atoms. The van der Waals surface area contributed by atoms with Crippen molar-refractivity contribution in [1.29, 1.82) is 0 Å². The predicted molar refractivity (Wildman–Crippen MR) is 53.0 cm³/mol. The third-order valence-corrected chi connectivity index (χ3v) is 1.81. The summed E-state index contributed by atoms with van der Waals surface area (Å²) in [6.07, 6.45) is 1.67. The zero-order valence-electron chi connectivity index (χ0n) is 8.52. The molecule has 5 heteroatoms. The number of rotatable bonds is 3. The quantitative estimate of drug-likeness (QED) is 0.539. The lowest BCUT2D eigenvalue weighted by Crippen LogP contribution is -2.11. The second kappa shape index (κ2) is 4.15. The first-order chi connectivity index (χ1) is 6.50. The Morgan fingerprint density at radius 3 is 2.71 bits per heavy atom. The maximum atomic E-state index is 10.6. The van der Waals surface area contributed by atoms with Crippen LogP contribution >= 0.6 is 0 Å². The lowest BCUT2D eigenvalue weighted by molar-refractivity contribution is -0.385. The Hall–Kier alpha value is -1.49. The predicted octanol–water partition coefficient (Wildman–Crippen LogP) is 1.36. The average Bonchev–Trinajstić information content (AvgIpc) is 2.07. The molecular formula is C9H13N3O2. The van der Waals surface area contributed by atoms with E-state index in [2.05, 4.69) is 4.98 Å².